The topological polar surface area (TPSA) is 134 Å². The fourth-order valence-electron chi connectivity index (χ4n) is 6.61. The van der Waals surface area contributed by atoms with Crippen LogP contribution in [0.25, 0.3) is 0 Å². The summed E-state index contributed by atoms with van der Waals surface area (Å²) in [4.78, 5) is 24.4. The third-order valence-corrected chi connectivity index (χ3v) is 9.75. The maximum absolute atomic E-state index is 12.3. The molecule has 1 saturated carbocycles. The molecule has 0 saturated heterocycles. The Labute approximate surface area is 299 Å². The van der Waals surface area contributed by atoms with Crippen molar-refractivity contribution in [2.75, 3.05) is 13.2 Å². The van der Waals surface area contributed by atoms with E-state index in [2.05, 4.69) is 20.8 Å². The van der Waals surface area contributed by atoms with Crippen molar-refractivity contribution in [2.24, 2.45) is 17.8 Å². The van der Waals surface area contributed by atoms with Crippen molar-refractivity contribution < 1.29 is 39.5 Å². The molecule has 8 nitrogen and oxygen atoms in total. The highest BCUT2D eigenvalue weighted by Crippen LogP contribution is 2.36. The monoisotopic (exact) mass is 695 g/mol. The predicted molar refractivity (Wildman–Crippen MR) is 198 cm³/mol. The normalized spacial score (nSPS) is 20.8. The lowest BCUT2D eigenvalue weighted by atomic mass is 9.89. The van der Waals surface area contributed by atoms with Crippen LogP contribution in [0.15, 0.2) is 24.3 Å². The number of carbonyl (C=O) groups excluding carboxylic acids is 2. The molecule has 49 heavy (non-hydrogen) atoms. The van der Waals surface area contributed by atoms with Crippen molar-refractivity contribution in [3.8, 4) is 0 Å². The van der Waals surface area contributed by atoms with E-state index in [9.17, 15) is 30.0 Å². The van der Waals surface area contributed by atoms with Crippen molar-refractivity contribution in [3.05, 3.63) is 24.3 Å². The maximum atomic E-state index is 12.3. The van der Waals surface area contributed by atoms with Gasteiger partial charge in [0.15, 0.2) is 6.10 Å². The van der Waals surface area contributed by atoms with E-state index < -0.39 is 37.0 Å². The van der Waals surface area contributed by atoms with E-state index >= 15 is 0 Å². The Kier molecular flexibility index (Phi) is 27.7. The molecule has 0 heterocycles. The van der Waals surface area contributed by atoms with Crippen LogP contribution in [0.5, 0.6) is 0 Å². The molecule has 1 fully saturated rings. The van der Waals surface area contributed by atoms with Gasteiger partial charge < -0.3 is 29.9 Å². The number of rotatable bonds is 31. The quantitative estimate of drug-likeness (QED) is 0.0323. The molecule has 1 aliphatic carbocycles. The number of aliphatic hydroxyl groups is 4. The summed E-state index contributed by atoms with van der Waals surface area (Å²) >= 11 is 0. The van der Waals surface area contributed by atoms with Crippen molar-refractivity contribution in [3.63, 3.8) is 0 Å². The van der Waals surface area contributed by atoms with Crippen LogP contribution in [0.1, 0.15) is 168 Å². The van der Waals surface area contributed by atoms with Gasteiger partial charge in [-0.15, -0.1) is 0 Å². The number of allylic oxidation sites excluding steroid dienone is 2. The Morgan fingerprint density at radius 2 is 1.35 bits per heavy atom. The molecule has 6 atom stereocenters. The summed E-state index contributed by atoms with van der Waals surface area (Å²) < 4.78 is 10.6. The Bertz CT molecular complexity index is 872. The zero-order chi connectivity index (χ0) is 36.1. The van der Waals surface area contributed by atoms with E-state index in [1.54, 1.807) is 6.08 Å². The molecule has 0 aromatic carbocycles. The van der Waals surface area contributed by atoms with E-state index in [0.29, 0.717) is 38.5 Å². The van der Waals surface area contributed by atoms with Crippen molar-refractivity contribution >= 4 is 11.9 Å². The highest BCUT2D eigenvalue weighted by Gasteiger charge is 2.39. The van der Waals surface area contributed by atoms with Crippen LogP contribution in [-0.4, -0.2) is 70.0 Å². The number of hydrogen-bond acceptors (Lipinski definition) is 8. The van der Waals surface area contributed by atoms with Crippen molar-refractivity contribution in [2.45, 2.75) is 193 Å². The van der Waals surface area contributed by atoms with Crippen LogP contribution < -0.4 is 0 Å². The summed E-state index contributed by atoms with van der Waals surface area (Å²) in [5, 5.41) is 40.7. The third kappa shape index (κ3) is 24.1. The van der Waals surface area contributed by atoms with Gasteiger partial charge in [0, 0.05) is 25.2 Å². The fourth-order valence-corrected chi connectivity index (χ4v) is 6.61. The lowest BCUT2D eigenvalue weighted by Gasteiger charge is -2.19. The molecule has 0 aromatic rings. The molecule has 8 heteroatoms. The lowest BCUT2D eigenvalue weighted by molar-refractivity contribution is -0.161. The van der Waals surface area contributed by atoms with Gasteiger partial charge in [0.1, 0.15) is 6.61 Å². The molecule has 286 valence electrons. The van der Waals surface area contributed by atoms with Crippen LogP contribution in [0, 0.1) is 17.8 Å². The molecule has 0 amide bonds. The van der Waals surface area contributed by atoms with E-state index in [0.717, 1.165) is 44.4 Å². The first kappa shape index (κ1) is 45.3. The SMILES string of the molecule is CCCCC[C@H](O)/C=C/[C@@H]1[C@@H](C/C=C/CCCC(=O)O[C@@H](CO)COC(=O)CCCCCCCCCCCCCCC(C)C)[C@@H](O)C[C@H]1O. The smallest absolute Gasteiger partial charge is 0.306 e. The highest BCUT2D eigenvalue weighted by atomic mass is 16.6. The van der Waals surface area contributed by atoms with Gasteiger partial charge in [0.25, 0.3) is 0 Å². The van der Waals surface area contributed by atoms with Crippen LogP contribution >= 0.6 is 0 Å². The molecule has 0 aliphatic heterocycles. The van der Waals surface area contributed by atoms with Crippen LogP contribution in [0.3, 0.4) is 0 Å². The largest absolute Gasteiger partial charge is 0.462 e. The number of carbonyl (C=O) groups is 2. The molecule has 1 rings (SSSR count). The van der Waals surface area contributed by atoms with Gasteiger partial charge in [0.2, 0.25) is 0 Å². The second kappa shape index (κ2) is 29.9. The molecule has 1 aliphatic rings. The number of unbranched alkanes of at least 4 members (excludes halogenated alkanes) is 14. The predicted octanol–water partition coefficient (Wildman–Crippen LogP) is 8.52. The zero-order valence-electron chi connectivity index (χ0n) is 31.5. The number of ether oxygens (including phenoxy) is 2. The molecule has 0 bridgehead atoms. The summed E-state index contributed by atoms with van der Waals surface area (Å²) in [6, 6.07) is 0. The third-order valence-electron chi connectivity index (χ3n) is 9.75. The lowest BCUT2D eigenvalue weighted by Crippen LogP contribution is -2.28. The summed E-state index contributed by atoms with van der Waals surface area (Å²) in [7, 11) is 0. The molecule has 4 N–H and O–H groups in total. The first-order chi connectivity index (χ1) is 23.7. The van der Waals surface area contributed by atoms with Gasteiger partial charge >= 0.3 is 11.9 Å². The average molecular weight is 695 g/mol. The zero-order valence-corrected chi connectivity index (χ0v) is 31.5. The molecule has 0 unspecified atom stereocenters. The fraction of sp³-hybridized carbons (Fsp3) is 0.854. The Balaban J connectivity index is 2.11. The van der Waals surface area contributed by atoms with E-state index in [1.165, 1.54) is 64.2 Å². The minimum absolute atomic E-state index is 0.123. The van der Waals surface area contributed by atoms with E-state index in [4.69, 9.17) is 9.47 Å². The Morgan fingerprint density at radius 3 is 1.96 bits per heavy atom. The number of esters is 2. The van der Waals surface area contributed by atoms with Crippen molar-refractivity contribution in [1.82, 2.24) is 0 Å². The van der Waals surface area contributed by atoms with Crippen molar-refractivity contribution in [1.29, 1.82) is 0 Å². The van der Waals surface area contributed by atoms with Crippen LogP contribution in [0.4, 0.5) is 0 Å². The minimum atomic E-state index is -0.863. The first-order valence-electron chi connectivity index (χ1n) is 20.0. The standard InChI is InChI=1S/C41H74O8/c1-4-5-18-24-34(43)28-29-37-36(38(44)30-39(37)45)25-20-16-17-22-27-41(47)49-35(31-42)32-48-40(46)26-21-15-13-11-9-7-6-8-10-12-14-19-23-33(2)3/h16,20,28-29,33-39,42-45H,4-15,17-19,21-27,30-32H2,1-3H3/b20-16+,29-28+/t34-,35-,36+,37+,38-,39+/m0/s1. The second-order valence-corrected chi connectivity index (χ2v) is 14.8. The summed E-state index contributed by atoms with van der Waals surface area (Å²) in [6.07, 6.45) is 27.6. The van der Waals surface area contributed by atoms with Gasteiger partial charge in [-0.1, -0.05) is 141 Å². The Hall–Kier alpha value is -1.74. The maximum Gasteiger partial charge on any atom is 0.306 e. The summed E-state index contributed by atoms with van der Waals surface area (Å²) in [6.45, 7) is 6.17. The number of aliphatic hydroxyl groups excluding tert-OH is 4. The highest BCUT2D eigenvalue weighted by molar-refractivity contribution is 5.70. The summed E-state index contributed by atoms with van der Waals surface area (Å²) in [5.41, 5.74) is 0. The molecule has 0 aromatic heterocycles. The van der Waals surface area contributed by atoms with E-state index in [-0.39, 0.29) is 30.8 Å². The van der Waals surface area contributed by atoms with Gasteiger partial charge in [0.05, 0.1) is 24.9 Å². The molecule has 0 radical (unpaired) electrons. The van der Waals surface area contributed by atoms with E-state index in [1.807, 2.05) is 18.2 Å². The molecular weight excluding hydrogens is 620 g/mol. The minimum Gasteiger partial charge on any atom is -0.462 e. The van der Waals surface area contributed by atoms with Gasteiger partial charge in [-0.3, -0.25) is 9.59 Å². The van der Waals surface area contributed by atoms with Gasteiger partial charge in [-0.05, 0) is 43.9 Å². The van der Waals surface area contributed by atoms with Crippen LogP contribution in [-0.2, 0) is 19.1 Å². The first-order valence-corrected chi connectivity index (χ1v) is 20.0. The Morgan fingerprint density at radius 1 is 0.755 bits per heavy atom. The molecular formula is C41H74O8. The number of hydrogen-bond donors (Lipinski definition) is 4. The summed E-state index contributed by atoms with van der Waals surface area (Å²) in [5.74, 6) is -0.270. The average Bonchev–Trinajstić information content (AvgIpc) is 3.34. The van der Waals surface area contributed by atoms with Gasteiger partial charge in [-0.25, -0.2) is 0 Å². The van der Waals surface area contributed by atoms with Gasteiger partial charge in [-0.2, -0.15) is 0 Å². The molecule has 0 spiro atoms. The van der Waals surface area contributed by atoms with Crippen LogP contribution in [0.2, 0.25) is 0 Å². The second-order valence-electron chi connectivity index (χ2n) is 14.8.